The third-order valence-electron chi connectivity index (χ3n) is 5.72. The first kappa shape index (κ1) is 18.2. The fraction of sp³-hybridized carbons (Fsp3) is 0.227. The predicted molar refractivity (Wildman–Crippen MR) is 100 cm³/mol. The topological polar surface area (TPSA) is 61.1 Å². The van der Waals surface area contributed by atoms with Crippen LogP contribution in [0.4, 0.5) is 18.9 Å². The number of carbonyl (C=O) groups is 1. The van der Waals surface area contributed by atoms with Crippen LogP contribution in [0.3, 0.4) is 0 Å². The summed E-state index contributed by atoms with van der Waals surface area (Å²) in [5.74, 6) is -0.112. The number of nitrogens with zero attached hydrogens (tertiary/aromatic N) is 1. The highest BCUT2D eigenvalue weighted by Crippen LogP contribution is 2.52. The third kappa shape index (κ3) is 2.69. The fourth-order valence-electron chi connectivity index (χ4n) is 4.38. The molecule has 6 rings (SSSR count). The Morgan fingerprint density at radius 3 is 2.52 bits per heavy atom. The lowest BCUT2D eigenvalue weighted by molar-refractivity contribution is -0.153. The molecule has 0 bridgehead atoms. The summed E-state index contributed by atoms with van der Waals surface area (Å²) in [4.78, 5) is 14.8. The number of para-hydroxylation sites is 1. The van der Waals surface area contributed by atoms with Crippen molar-refractivity contribution in [1.82, 2.24) is 0 Å². The molecule has 2 aromatic carbocycles. The van der Waals surface area contributed by atoms with Crippen LogP contribution in [0.15, 0.2) is 52.9 Å². The number of furan rings is 1. The van der Waals surface area contributed by atoms with E-state index in [0.29, 0.717) is 22.9 Å². The SMILES string of the molecule is O=C1C2Oc3cc4c(cc3C2c2ccccc2N1Cc1ccc(C(F)(F)F)o1)OCO4. The standard InChI is InChI=1S/C22H14F3NO5/c23-22(24,25)18-6-5-11(30-18)9-26-14-4-2-1-3-12(14)19-13-7-16-17(29-10-28-16)8-15(13)31-20(19)21(26)27/h1-8,19-20H,9-10H2. The van der Waals surface area contributed by atoms with Crippen molar-refractivity contribution in [2.24, 2.45) is 0 Å². The molecule has 0 spiro atoms. The maximum atomic E-state index is 13.4. The van der Waals surface area contributed by atoms with E-state index in [1.54, 1.807) is 18.2 Å². The predicted octanol–water partition coefficient (Wildman–Crippen LogP) is 4.47. The fourth-order valence-corrected chi connectivity index (χ4v) is 4.38. The average molecular weight is 429 g/mol. The molecule has 1 aromatic heterocycles. The number of fused-ring (bicyclic) bond motifs is 6. The van der Waals surface area contributed by atoms with Crippen LogP contribution in [0.1, 0.15) is 28.6 Å². The molecule has 2 unspecified atom stereocenters. The Bertz CT molecular complexity index is 1220. The van der Waals surface area contributed by atoms with Gasteiger partial charge in [-0.2, -0.15) is 13.2 Å². The molecule has 4 heterocycles. The van der Waals surface area contributed by atoms with E-state index < -0.39 is 18.0 Å². The number of halogens is 3. The molecule has 6 nitrogen and oxygen atoms in total. The Hall–Kier alpha value is -3.62. The maximum Gasteiger partial charge on any atom is 0.449 e. The molecule has 0 aliphatic carbocycles. The Morgan fingerprint density at radius 2 is 1.74 bits per heavy atom. The highest BCUT2D eigenvalue weighted by atomic mass is 19.4. The second kappa shape index (κ2) is 6.19. The Balaban J connectivity index is 1.41. The van der Waals surface area contributed by atoms with Crippen molar-refractivity contribution in [3.8, 4) is 17.2 Å². The van der Waals surface area contributed by atoms with Crippen molar-refractivity contribution in [3.63, 3.8) is 0 Å². The highest BCUT2D eigenvalue weighted by molar-refractivity contribution is 6.02. The zero-order chi connectivity index (χ0) is 21.3. The Kier molecular flexibility index (Phi) is 3.63. The zero-order valence-electron chi connectivity index (χ0n) is 15.8. The van der Waals surface area contributed by atoms with Gasteiger partial charge in [0.15, 0.2) is 17.6 Å². The molecular formula is C22H14F3NO5. The molecular weight excluding hydrogens is 415 g/mol. The molecule has 3 aliphatic heterocycles. The molecule has 158 valence electrons. The van der Waals surface area contributed by atoms with Crippen molar-refractivity contribution in [3.05, 3.63) is 71.2 Å². The summed E-state index contributed by atoms with van der Waals surface area (Å²) in [5, 5.41) is 0. The van der Waals surface area contributed by atoms with Crippen molar-refractivity contribution in [1.29, 1.82) is 0 Å². The summed E-state index contributed by atoms with van der Waals surface area (Å²) >= 11 is 0. The highest BCUT2D eigenvalue weighted by Gasteiger charge is 2.48. The van der Waals surface area contributed by atoms with Crippen molar-refractivity contribution in [2.45, 2.75) is 24.7 Å². The van der Waals surface area contributed by atoms with E-state index >= 15 is 0 Å². The number of rotatable bonds is 2. The summed E-state index contributed by atoms with van der Waals surface area (Å²) in [6.45, 7) is -0.0176. The van der Waals surface area contributed by atoms with Gasteiger partial charge in [0, 0.05) is 17.3 Å². The molecule has 9 heteroatoms. The molecule has 3 aliphatic rings. The molecule has 0 fully saturated rings. The van der Waals surface area contributed by atoms with Crippen LogP contribution in [0.25, 0.3) is 0 Å². The van der Waals surface area contributed by atoms with Gasteiger partial charge in [-0.05, 0) is 29.8 Å². The minimum atomic E-state index is -4.59. The summed E-state index contributed by atoms with van der Waals surface area (Å²) in [7, 11) is 0. The van der Waals surface area contributed by atoms with E-state index in [4.69, 9.17) is 18.6 Å². The van der Waals surface area contributed by atoms with Crippen LogP contribution < -0.4 is 19.1 Å². The van der Waals surface area contributed by atoms with Crippen molar-refractivity contribution >= 4 is 11.6 Å². The Morgan fingerprint density at radius 1 is 0.968 bits per heavy atom. The lowest BCUT2D eigenvalue weighted by Crippen LogP contribution is -2.47. The van der Waals surface area contributed by atoms with E-state index in [1.165, 1.54) is 11.0 Å². The smallest absolute Gasteiger partial charge is 0.449 e. The first-order chi connectivity index (χ1) is 14.9. The van der Waals surface area contributed by atoms with E-state index in [-0.39, 0.29) is 30.9 Å². The van der Waals surface area contributed by atoms with Gasteiger partial charge in [0.2, 0.25) is 12.6 Å². The average Bonchev–Trinajstić information content (AvgIpc) is 3.46. The summed E-state index contributed by atoms with van der Waals surface area (Å²) < 4.78 is 60.5. The van der Waals surface area contributed by atoms with Gasteiger partial charge in [-0.1, -0.05) is 18.2 Å². The number of ether oxygens (including phenoxy) is 3. The lowest BCUT2D eigenvalue weighted by Gasteiger charge is -2.35. The molecule has 0 radical (unpaired) electrons. The summed E-state index contributed by atoms with van der Waals surface area (Å²) in [5.41, 5.74) is 2.26. The number of amides is 1. The lowest BCUT2D eigenvalue weighted by atomic mass is 9.83. The summed E-state index contributed by atoms with van der Waals surface area (Å²) in [6.07, 6.45) is -5.43. The van der Waals surface area contributed by atoms with Crippen LogP contribution >= 0.6 is 0 Å². The van der Waals surface area contributed by atoms with Crippen LogP contribution in [0.2, 0.25) is 0 Å². The van der Waals surface area contributed by atoms with E-state index in [1.807, 2.05) is 18.2 Å². The number of hydrogen-bond acceptors (Lipinski definition) is 5. The van der Waals surface area contributed by atoms with Crippen LogP contribution in [0.5, 0.6) is 17.2 Å². The van der Waals surface area contributed by atoms with Gasteiger partial charge in [0.1, 0.15) is 11.5 Å². The molecule has 1 amide bonds. The van der Waals surface area contributed by atoms with Crippen molar-refractivity contribution < 1.29 is 36.6 Å². The summed E-state index contributed by atoms with van der Waals surface area (Å²) in [6, 6.07) is 12.9. The molecule has 0 N–H and O–H groups in total. The maximum absolute atomic E-state index is 13.4. The van der Waals surface area contributed by atoms with Gasteiger partial charge in [-0.25, -0.2) is 0 Å². The molecule has 3 aromatic rings. The number of hydrogen-bond donors (Lipinski definition) is 0. The number of anilines is 1. The second-order valence-corrected chi connectivity index (χ2v) is 7.51. The third-order valence-corrected chi connectivity index (χ3v) is 5.72. The van der Waals surface area contributed by atoms with Crippen LogP contribution in [-0.2, 0) is 17.5 Å². The number of carbonyl (C=O) groups excluding carboxylic acids is 1. The van der Waals surface area contributed by atoms with Gasteiger partial charge in [0.25, 0.3) is 5.91 Å². The van der Waals surface area contributed by atoms with E-state index in [9.17, 15) is 18.0 Å². The van der Waals surface area contributed by atoms with Crippen LogP contribution in [0, 0.1) is 0 Å². The van der Waals surface area contributed by atoms with Gasteiger partial charge < -0.3 is 23.5 Å². The molecule has 0 saturated heterocycles. The minimum absolute atomic E-state index is 0.0326. The normalized spacial score (nSPS) is 20.9. The first-order valence-corrected chi connectivity index (χ1v) is 9.56. The molecule has 0 saturated carbocycles. The zero-order valence-corrected chi connectivity index (χ0v) is 15.8. The van der Waals surface area contributed by atoms with Gasteiger partial charge >= 0.3 is 6.18 Å². The van der Waals surface area contributed by atoms with Gasteiger partial charge in [0.05, 0.1) is 12.5 Å². The quantitative estimate of drug-likeness (QED) is 0.602. The Labute approximate surface area is 173 Å². The number of benzene rings is 2. The van der Waals surface area contributed by atoms with E-state index in [0.717, 1.165) is 17.2 Å². The van der Waals surface area contributed by atoms with Gasteiger partial charge in [-0.15, -0.1) is 0 Å². The number of alkyl halides is 3. The first-order valence-electron chi connectivity index (χ1n) is 9.56. The largest absolute Gasteiger partial charge is 0.479 e. The van der Waals surface area contributed by atoms with Gasteiger partial charge in [-0.3, -0.25) is 4.79 Å². The monoisotopic (exact) mass is 429 g/mol. The van der Waals surface area contributed by atoms with Crippen LogP contribution in [-0.4, -0.2) is 18.8 Å². The van der Waals surface area contributed by atoms with E-state index in [2.05, 4.69) is 0 Å². The second-order valence-electron chi connectivity index (χ2n) is 7.51. The molecule has 31 heavy (non-hydrogen) atoms. The molecule has 2 atom stereocenters. The minimum Gasteiger partial charge on any atom is -0.479 e. The van der Waals surface area contributed by atoms with Crippen molar-refractivity contribution in [2.75, 3.05) is 11.7 Å².